The molecule has 1 aliphatic rings. The van der Waals surface area contributed by atoms with Gasteiger partial charge in [0.25, 0.3) is 5.69 Å². The molecule has 1 fully saturated rings. The Morgan fingerprint density at radius 2 is 1.96 bits per heavy atom. The monoisotopic (exact) mass is 424 g/mol. The quantitative estimate of drug-likeness (QED) is 0.447. The molecule has 0 bridgehead atoms. The van der Waals surface area contributed by atoms with Crippen LogP contribution in [-0.4, -0.2) is 41.6 Å². The lowest BCUT2D eigenvalue weighted by molar-refractivity contribution is -0.384. The molecule has 3 rings (SSSR count). The van der Waals surface area contributed by atoms with Crippen LogP contribution in [-0.2, 0) is 14.8 Å². The Morgan fingerprint density at radius 3 is 2.61 bits per heavy atom. The van der Waals surface area contributed by atoms with Crippen LogP contribution < -0.4 is 5.32 Å². The summed E-state index contributed by atoms with van der Waals surface area (Å²) in [6, 6.07) is 8.56. The molecule has 1 saturated heterocycles. The number of non-ortho nitro benzene ring substituents is 1. The first-order chi connectivity index (χ1) is 13.3. The smallest absolute Gasteiger partial charge is 0.271 e. The average Bonchev–Trinajstić information content (AvgIpc) is 2.68. The number of hydrogen-bond donors (Lipinski definition) is 1. The van der Waals surface area contributed by atoms with Crippen molar-refractivity contribution in [3.05, 3.63) is 57.9 Å². The molecule has 2 aromatic rings. The summed E-state index contributed by atoms with van der Waals surface area (Å²) >= 11 is 5.90. The number of hydrogen-bond acceptors (Lipinski definition) is 6. The summed E-state index contributed by atoms with van der Waals surface area (Å²) in [6.07, 6.45) is 2.07. The van der Waals surface area contributed by atoms with Gasteiger partial charge in [-0.3, -0.25) is 14.9 Å². The van der Waals surface area contributed by atoms with Gasteiger partial charge in [-0.05, 0) is 31.0 Å². The highest BCUT2D eigenvalue weighted by molar-refractivity contribution is 7.89. The van der Waals surface area contributed by atoms with Gasteiger partial charge in [0.15, 0.2) is 0 Å². The summed E-state index contributed by atoms with van der Waals surface area (Å²) in [5.74, 6) is -0.688. The van der Waals surface area contributed by atoms with Crippen LogP contribution in [0.3, 0.4) is 0 Å². The molecular weight excluding hydrogens is 408 g/mol. The molecule has 0 aliphatic carbocycles. The minimum Gasteiger partial charge on any atom is -0.326 e. The molecule has 0 unspecified atom stereocenters. The summed E-state index contributed by atoms with van der Waals surface area (Å²) in [6.45, 7) is 0.334. The van der Waals surface area contributed by atoms with Gasteiger partial charge in [-0.2, -0.15) is 4.31 Å². The highest BCUT2D eigenvalue weighted by Gasteiger charge is 2.33. The van der Waals surface area contributed by atoms with Gasteiger partial charge in [0, 0.05) is 43.0 Å². The summed E-state index contributed by atoms with van der Waals surface area (Å²) in [4.78, 5) is 26.5. The van der Waals surface area contributed by atoms with E-state index in [-0.39, 0.29) is 34.7 Å². The number of carbonyl (C=O) groups excluding carboxylic acids is 1. The van der Waals surface area contributed by atoms with E-state index in [0.29, 0.717) is 18.5 Å². The Bertz CT molecular complexity index is 1010. The molecule has 0 saturated carbocycles. The molecule has 0 atom stereocenters. The minimum atomic E-state index is -3.78. The maximum atomic E-state index is 12.7. The Hall–Kier alpha value is -2.56. The van der Waals surface area contributed by atoms with Crippen molar-refractivity contribution in [2.45, 2.75) is 17.7 Å². The van der Waals surface area contributed by atoms with E-state index in [9.17, 15) is 23.3 Å². The van der Waals surface area contributed by atoms with Crippen LogP contribution in [0.1, 0.15) is 12.8 Å². The van der Waals surface area contributed by atoms with Crippen LogP contribution in [0.4, 0.5) is 11.4 Å². The first-order valence-corrected chi connectivity index (χ1v) is 10.3. The molecular formula is C17H17ClN4O5S. The molecule has 1 aliphatic heterocycles. The van der Waals surface area contributed by atoms with E-state index in [4.69, 9.17) is 11.6 Å². The minimum absolute atomic E-state index is 0.0591. The third-order valence-corrected chi connectivity index (χ3v) is 6.84. The first-order valence-electron chi connectivity index (χ1n) is 8.45. The molecule has 0 spiro atoms. The van der Waals surface area contributed by atoms with Crippen molar-refractivity contribution in [1.82, 2.24) is 9.29 Å². The summed E-state index contributed by atoms with van der Waals surface area (Å²) in [7, 11) is -3.78. The van der Waals surface area contributed by atoms with Crippen molar-refractivity contribution in [2.24, 2.45) is 5.92 Å². The van der Waals surface area contributed by atoms with Gasteiger partial charge in [0.2, 0.25) is 15.9 Å². The SMILES string of the molecule is O=C(Nc1cccc([N+](=O)[O-])c1)C1CCN(S(=O)(=O)c2cccnc2Cl)CC1. The highest BCUT2D eigenvalue weighted by atomic mass is 35.5. The third kappa shape index (κ3) is 4.29. The Kier molecular flexibility index (Phi) is 5.92. The Balaban J connectivity index is 1.64. The topological polar surface area (TPSA) is 123 Å². The predicted molar refractivity (Wildman–Crippen MR) is 102 cm³/mol. The Morgan fingerprint density at radius 1 is 1.25 bits per heavy atom. The third-order valence-electron chi connectivity index (χ3n) is 4.49. The molecule has 0 radical (unpaired) electrons. The van der Waals surface area contributed by atoms with E-state index in [0.717, 1.165) is 0 Å². The van der Waals surface area contributed by atoms with E-state index in [2.05, 4.69) is 10.3 Å². The Labute approximate surface area is 166 Å². The lowest BCUT2D eigenvalue weighted by atomic mass is 9.97. The van der Waals surface area contributed by atoms with Crippen molar-refractivity contribution in [2.75, 3.05) is 18.4 Å². The molecule has 1 amide bonds. The standard InChI is InChI=1S/C17H17ClN4O5S/c18-16-15(5-2-8-19-16)28(26,27)21-9-6-12(7-10-21)17(23)20-13-3-1-4-14(11-13)22(24)25/h1-5,8,11-12H,6-7,9-10H2,(H,20,23). The van der Waals surface area contributed by atoms with Gasteiger partial charge >= 0.3 is 0 Å². The number of nitrogens with zero attached hydrogens (tertiary/aromatic N) is 3. The van der Waals surface area contributed by atoms with E-state index >= 15 is 0 Å². The number of nitrogens with one attached hydrogen (secondary N) is 1. The van der Waals surface area contributed by atoms with Crippen LogP contribution in [0.25, 0.3) is 0 Å². The van der Waals surface area contributed by atoms with Crippen LogP contribution in [0, 0.1) is 16.0 Å². The van der Waals surface area contributed by atoms with Gasteiger partial charge < -0.3 is 5.32 Å². The summed E-state index contributed by atoms with van der Waals surface area (Å²) in [5.41, 5.74) is 0.212. The number of benzene rings is 1. The van der Waals surface area contributed by atoms with Crippen molar-refractivity contribution < 1.29 is 18.1 Å². The predicted octanol–water partition coefficient (Wildman–Crippen LogP) is 2.68. The lowest BCUT2D eigenvalue weighted by Crippen LogP contribution is -2.41. The number of carbonyl (C=O) groups is 1. The van der Waals surface area contributed by atoms with Crippen molar-refractivity contribution >= 4 is 38.9 Å². The molecule has 1 N–H and O–H groups in total. The molecule has 9 nitrogen and oxygen atoms in total. The molecule has 28 heavy (non-hydrogen) atoms. The average molecular weight is 425 g/mol. The van der Waals surface area contributed by atoms with Crippen molar-refractivity contribution in [3.8, 4) is 0 Å². The van der Waals surface area contributed by atoms with Crippen molar-refractivity contribution in [1.29, 1.82) is 0 Å². The molecule has 148 valence electrons. The number of rotatable bonds is 5. The summed E-state index contributed by atoms with van der Waals surface area (Å²) in [5, 5.41) is 13.4. The van der Waals surface area contributed by atoms with E-state index in [1.54, 1.807) is 6.07 Å². The molecule has 1 aromatic carbocycles. The van der Waals surface area contributed by atoms with Gasteiger partial charge in [-0.1, -0.05) is 17.7 Å². The highest BCUT2D eigenvalue weighted by Crippen LogP contribution is 2.28. The number of piperidine rings is 1. The second-order valence-electron chi connectivity index (χ2n) is 6.27. The maximum Gasteiger partial charge on any atom is 0.271 e. The summed E-state index contributed by atoms with van der Waals surface area (Å²) < 4.78 is 26.7. The lowest BCUT2D eigenvalue weighted by Gasteiger charge is -2.30. The van der Waals surface area contributed by atoms with Crippen LogP contribution in [0.15, 0.2) is 47.5 Å². The van der Waals surface area contributed by atoms with Crippen LogP contribution in [0.2, 0.25) is 5.15 Å². The van der Waals surface area contributed by atoms with E-state index in [1.165, 1.54) is 40.8 Å². The number of anilines is 1. The second kappa shape index (κ2) is 8.21. The second-order valence-corrected chi connectivity index (χ2v) is 8.53. The molecule has 2 heterocycles. The number of pyridine rings is 1. The first kappa shape index (κ1) is 20.2. The number of nitro benzene ring substituents is 1. The largest absolute Gasteiger partial charge is 0.326 e. The fraction of sp³-hybridized carbons (Fsp3) is 0.294. The van der Waals surface area contributed by atoms with Gasteiger partial charge in [0.05, 0.1) is 4.92 Å². The van der Waals surface area contributed by atoms with E-state index < -0.39 is 20.9 Å². The number of halogens is 1. The molecule has 11 heteroatoms. The van der Waals surface area contributed by atoms with Crippen LogP contribution in [0.5, 0.6) is 0 Å². The molecule has 1 aromatic heterocycles. The van der Waals surface area contributed by atoms with Gasteiger partial charge in [-0.15, -0.1) is 0 Å². The van der Waals surface area contributed by atoms with Crippen molar-refractivity contribution in [3.63, 3.8) is 0 Å². The van der Waals surface area contributed by atoms with E-state index in [1.807, 2.05) is 0 Å². The van der Waals surface area contributed by atoms with Gasteiger partial charge in [0.1, 0.15) is 10.0 Å². The number of amides is 1. The zero-order valence-corrected chi connectivity index (χ0v) is 16.2. The zero-order valence-electron chi connectivity index (χ0n) is 14.6. The number of sulfonamides is 1. The van der Waals surface area contributed by atoms with Crippen LogP contribution >= 0.6 is 11.6 Å². The number of aromatic nitrogens is 1. The fourth-order valence-electron chi connectivity index (χ4n) is 3.00. The number of nitro groups is 1. The zero-order chi connectivity index (χ0) is 20.3. The fourth-order valence-corrected chi connectivity index (χ4v) is 4.90. The normalized spacial score (nSPS) is 15.9. The maximum absolute atomic E-state index is 12.7. The van der Waals surface area contributed by atoms with Gasteiger partial charge in [-0.25, -0.2) is 13.4 Å².